The van der Waals surface area contributed by atoms with Crippen molar-refractivity contribution in [2.75, 3.05) is 32.1 Å². The number of carbonyl (C=O) groups excluding carboxylic acids is 1. The van der Waals surface area contributed by atoms with E-state index in [4.69, 9.17) is 4.74 Å². The summed E-state index contributed by atoms with van der Waals surface area (Å²) in [5.41, 5.74) is 0.649. The highest BCUT2D eigenvalue weighted by Gasteiger charge is 2.05. The topological polar surface area (TPSA) is 63.2 Å². The fourth-order valence-electron chi connectivity index (χ4n) is 1.77. The summed E-state index contributed by atoms with van der Waals surface area (Å²) in [4.78, 5) is 16.2. The van der Waals surface area contributed by atoms with E-state index < -0.39 is 0 Å². The smallest absolute Gasteiger partial charge is 0.251 e. The Morgan fingerprint density at radius 3 is 2.90 bits per heavy atom. The zero-order valence-electron chi connectivity index (χ0n) is 12.4. The number of unbranched alkanes of at least 4 members (excludes halogenated alkanes) is 2. The molecule has 0 radical (unpaired) electrons. The lowest BCUT2D eigenvalue weighted by Crippen LogP contribution is -2.24. The third-order valence-electron chi connectivity index (χ3n) is 2.89. The van der Waals surface area contributed by atoms with Crippen LogP contribution in [0.5, 0.6) is 0 Å². The SMILES string of the molecule is CCCNc1cc(C(=O)NCCCCCOC)ccn1. The zero-order valence-corrected chi connectivity index (χ0v) is 12.4. The van der Waals surface area contributed by atoms with Crippen LogP contribution < -0.4 is 10.6 Å². The largest absolute Gasteiger partial charge is 0.385 e. The van der Waals surface area contributed by atoms with Gasteiger partial charge in [0, 0.05) is 38.6 Å². The highest BCUT2D eigenvalue weighted by Crippen LogP contribution is 2.07. The Hall–Kier alpha value is -1.62. The first kappa shape index (κ1) is 16.4. The van der Waals surface area contributed by atoms with E-state index in [-0.39, 0.29) is 5.91 Å². The molecule has 0 saturated carbocycles. The number of nitrogens with one attached hydrogen (secondary N) is 2. The van der Waals surface area contributed by atoms with E-state index >= 15 is 0 Å². The summed E-state index contributed by atoms with van der Waals surface area (Å²) >= 11 is 0. The molecule has 0 fully saturated rings. The lowest BCUT2D eigenvalue weighted by Gasteiger charge is -2.07. The highest BCUT2D eigenvalue weighted by atomic mass is 16.5. The number of carbonyl (C=O) groups is 1. The molecule has 5 nitrogen and oxygen atoms in total. The van der Waals surface area contributed by atoms with Crippen LogP contribution in [-0.4, -0.2) is 37.7 Å². The Balaban J connectivity index is 2.31. The molecule has 1 heterocycles. The number of rotatable bonds is 10. The van der Waals surface area contributed by atoms with Crippen molar-refractivity contribution in [1.82, 2.24) is 10.3 Å². The van der Waals surface area contributed by atoms with Gasteiger partial charge in [0.2, 0.25) is 0 Å². The number of anilines is 1. The Morgan fingerprint density at radius 1 is 1.30 bits per heavy atom. The number of aromatic nitrogens is 1. The second-order valence-electron chi connectivity index (χ2n) is 4.67. The predicted molar refractivity (Wildman–Crippen MR) is 81.1 cm³/mol. The average Bonchev–Trinajstić information content (AvgIpc) is 2.48. The van der Waals surface area contributed by atoms with Gasteiger partial charge in [-0.25, -0.2) is 4.98 Å². The Labute approximate surface area is 121 Å². The zero-order chi connectivity index (χ0) is 14.6. The lowest BCUT2D eigenvalue weighted by atomic mass is 10.2. The maximum absolute atomic E-state index is 12.0. The van der Waals surface area contributed by atoms with Gasteiger partial charge in [-0.3, -0.25) is 4.79 Å². The third kappa shape index (κ3) is 6.52. The Bertz CT molecular complexity index is 396. The number of ether oxygens (including phenoxy) is 1. The van der Waals surface area contributed by atoms with Crippen molar-refractivity contribution in [1.29, 1.82) is 0 Å². The van der Waals surface area contributed by atoms with Crippen LogP contribution in [0.4, 0.5) is 5.82 Å². The number of amides is 1. The van der Waals surface area contributed by atoms with Crippen molar-refractivity contribution in [2.24, 2.45) is 0 Å². The highest BCUT2D eigenvalue weighted by molar-refractivity contribution is 5.94. The van der Waals surface area contributed by atoms with Crippen LogP contribution in [0.2, 0.25) is 0 Å². The van der Waals surface area contributed by atoms with Gasteiger partial charge < -0.3 is 15.4 Å². The van der Waals surface area contributed by atoms with Crippen molar-refractivity contribution in [3.63, 3.8) is 0 Å². The molecule has 0 aliphatic rings. The van der Waals surface area contributed by atoms with Crippen LogP contribution in [0.3, 0.4) is 0 Å². The van der Waals surface area contributed by atoms with Crippen LogP contribution in [-0.2, 0) is 4.74 Å². The summed E-state index contributed by atoms with van der Waals surface area (Å²) in [5.74, 6) is 0.707. The molecular weight excluding hydrogens is 254 g/mol. The molecule has 0 spiro atoms. The molecule has 0 saturated heterocycles. The molecule has 0 aromatic carbocycles. The van der Waals surface area contributed by atoms with Crippen LogP contribution in [0.15, 0.2) is 18.3 Å². The first-order chi connectivity index (χ1) is 9.77. The molecule has 1 aromatic heterocycles. The molecule has 20 heavy (non-hydrogen) atoms. The second-order valence-corrected chi connectivity index (χ2v) is 4.67. The van der Waals surface area contributed by atoms with Gasteiger partial charge in [-0.2, -0.15) is 0 Å². The van der Waals surface area contributed by atoms with E-state index in [9.17, 15) is 4.79 Å². The van der Waals surface area contributed by atoms with Crippen molar-refractivity contribution in [3.8, 4) is 0 Å². The Kier molecular flexibility index (Phi) is 8.38. The summed E-state index contributed by atoms with van der Waals surface area (Å²) in [6.45, 7) is 4.43. The maximum Gasteiger partial charge on any atom is 0.251 e. The average molecular weight is 279 g/mol. The molecular formula is C15H25N3O2. The number of methoxy groups -OCH3 is 1. The van der Waals surface area contributed by atoms with Gasteiger partial charge in [0.05, 0.1) is 0 Å². The molecule has 1 amide bonds. The summed E-state index contributed by atoms with van der Waals surface area (Å²) in [5, 5.41) is 6.10. The normalized spacial score (nSPS) is 10.3. The number of pyridine rings is 1. The van der Waals surface area contributed by atoms with Crippen LogP contribution >= 0.6 is 0 Å². The molecule has 2 N–H and O–H groups in total. The minimum Gasteiger partial charge on any atom is -0.385 e. The van der Waals surface area contributed by atoms with E-state index in [2.05, 4.69) is 22.5 Å². The molecule has 0 bridgehead atoms. The summed E-state index contributed by atoms with van der Waals surface area (Å²) in [6.07, 6.45) is 5.76. The monoisotopic (exact) mass is 279 g/mol. The number of nitrogens with zero attached hydrogens (tertiary/aromatic N) is 1. The van der Waals surface area contributed by atoms with E-state index in [1.165, 1.54) is 0 Å². The van der Waals surface area contributed by atoms with Crippen LogP contribution in [0.25, 0.3) is 0 Å². The third-order valence-corrected chi connectivity index (χ3v) is 2.89. The van der Waals surface area contributed by atoms with Gasteiger partial charge in [0.1, 0.15) is 5.82 Å². The van der Waals surface area contributed by atoms with E-state index in [0.29, 0.717) is 12.1 Å². The molecule has 1 rings (SSSR count). The molecule has 0 unspecified atom stereocenters. The molecule has 0 aliphatic heterocycles. The second kappa shape index (κ2) is 10.2. The van der Waals surface area contributed by atoms with Crippen LogP contribution in [0, 0.1) is 0 Å². The molecule has 0 aliphatic carbocycles. The minimum atomic E-state index is -0.0429. The quantitative estimate of drug-likeness (QED) is 0.646. The van der Waals surface area contributed by atoms with Gasteiger partial charge in [-0.15, -0.1) is 0 Å². The van der Waals surface area contributed by atoms with Crippen molar-refractivity contribution in [2.45, 2.75) is 32.6 Å². The molecule has 0 atom stereocenters. The lowest BCUT2D eigenvalue weighted by molar-refractivity contribution is 0.0952. The van der Waals surface area contributed by atoms with Gasteiger partial charge in [-0.05, 0) is 37.8 Å². The molecule has 112 valence electrons. The first-order valence-corrected chi connectivity index (χ1v) is 7.25. The van der Waals surface area contributed by atoms with E-state index in [1.807, 2.05) is 0 Å². The van der Waals surface area contributed by atoms with Crippen molar-refractivity contribution >= 4 is 11.7 Å². The van der Waals surface area contributed by atoms with Gasteiger partial charge in [0.25, 0.3) is 5.91 Å². The molecule has 1 aromatic rings. The maximum atomic E-state index is 12.0. The van der Waals surface area contributed by atoms with Crippen LogP contribution in [0.1, 0.15) is 43.0 Å². The number of hydrogen-bond donors (Lipinski definition) is 2. The van der Waals surface area contributed by atoms with E-state index in [0.717, 1.165) is 44.7 Å². The van der Waals surface area contributed by atoms with Crippen molar-refractivity contribution in [3.05, 3.63) is 23.9 Å². The first-order valence-electron chi connectivity index (χ1n) is 7.25. The van der Waals surface area contributed by atoms with Gasteiger partial charge in [0.15, 0.2) is 0 Å². The summed E-state index contributed by atoms with van der Waals surface area (Å²) in [7, 11) is 1.70. The van der Waals surface area contributed by atoms with Gasteiger partial charge >= 0.3 is 0 Å². The van der Waals surface area contributed by atoms with Gasteiger partial charge in [-0.1, -0.05) is 6.92 Å². The number of hydrogen-bond acceptors (Lipinski definition) is 4. The Morgan fingerprint density at radius 2 is 2.15 bits per heavy atom. The molecule has 5 heteroatoms. The van der Waals surface area contributed by atoms with Crippen molar-refractivity contribution < 1.29 is 9.53 Å². The standard InChI is InChI=1S/C15H25N3O2/c1-3-8-16-14-12-13(7-10-17-14)15(19)18-9-5-4-6-11-20-2/h7,10,12H,3-6,8-9,11H2,1-2H3,(H,16,17)(H,18,19). The predicted octanol–water partition coefficient (Wildman–Crippen LogP) is 2.45. The fraction of sp³-hybridized carbons (Fsp3) is 0.600. The summed E-state index contributed by atoms with van der Waals surface area (Å²) in [6, 6.07) is 3.52. The summed E-state index contributed by atoms with van der Waals surface area (Å²) < 4.78 is 4.98. The fourth-order valence-corrected chi connectivity index (χ4v) is 1.77. The van der Waals surface area contributed by atoms with E-state index in [1.54, 1.807) is 25.4 Å². The minimum absolute atomic E-state index is 0.0429.